The van der Waals surface area contributed by atoms with E-state index in [4.69, 9.17) is 16.3 Å². The van der Waals surface area contributed by atoms with Gasteiger partial charge in [-0.3, -0.25) is 4.79 Å². The largest absolute Gasteiger partial charge is 0.364 e. The third kappa shape index (κ3) is 1.76. The van der Waals surface area contributed by atoms with Crippen LogP contribution in [0.25, 0.3) is 10.9 Å². The van der Waals surface area contributed by atoms with Crippen molar-refractivity contribution >= 4 is 28.8 Å². The zero-order chi connectivity index (χ0) is 10.8. The number of carbonyl (C=O) groups is 1. The van der Waals surface area contributed by atoms with Gasteiger partial charge in [0.2, 0.25) is 0 Å². The van der Waals surface area contributed by atoms with Gasteiger partial charge in [0.15, 0.2) is 6.29 Å². The van der Waals surface area contributed by atoms with E-state index in [1.165, 1.54) is 0 Å². The number of hydrogen-bond acceptors (Lipinski definition) is 2. The molecule has 0 fully saturated rings. The standard InChI is InChI=1S/C11H10ClNO2/c1-15-7-13-5-8(6-14)10-3-2-9(12)4-11(10)13/h2-6H,7H2,1H3. The molecule has 2 rings (SSSR count). The highest BCUT2D eigenvalue weighted by atomic mass is 35.5. The maximum Gasteiger partial charge on any atom is 0.152 e. The first kappa shape index (κ1) is 10.2. The molecule has 1 heterocycles. The van der Waals surface area contributed by atoms with Crippen molar-refractivity contribution in [1.82, 2.24) is 4.57 Å². The van der Waals surface area contributed by atoms with Gasteiger partial charge in [0.05, 0.1) is 5.52 Å². The molecule has 0 saturated heterocycles. The van der Waals surface area contributed by atoms with E-state index in [2.05, 4.69) is 0 Å². The highest BCUT2D eigenvalue weighted by Gasteiger charge is 2.07. The number of fused-ring (bicyclic) bond motifs is 1. The highest BCUT2D eigenvalue weighted by Crippen LogP contribution is 2.23. The number of hydrogen-bond donors (Lipinski definition) is 0. The van der Waals surface area contributed by atoms with Crippen LogP contribution in [-0.2, 0) is 11.5 Å². The molecule has 15 heavy (non-hydrogen) atoms. The summed E-state index contributed by atoms with van der Waals surface area (Å²) in [5.74, 6) is 0. The molecule has 0 unspecified atom stereocenters. The van der Waals surface area contributed by atoms with Gasteiger partial charge in [0.1, 0.15) is 6.73 Å². The van der Waals surface area contributed by atoms with Crippen molar-refractivity contribution < 1.29 is 9.53 Å². The maximum atomic E-state index is 10.8. The van der Waals surface area contributed by atoms with E-state index in [0.717, 1.165) is 17.2 Å². The number of rotatable bonds is 3. The highest BCUT2D eigenvalue weighted by molar-refractivity contribution is 6.31. The van der Waals surface area contributed by atoms with Crippen molar-refractivity contribution in [1.29, 1.82) is 0 Å². The molecule has 0 aliphatic heterocycles. The summed E-state index contributed by atoms with van der Waals surface area (Å²) in [6.45, 7) is 0.407. The molecule has 0 spiro atoms. The predicted octanol–water partition coefficient (Wildman–Crippen LogP) is 2.71. The van der Waals surface area contributed by atoms with Crippen LogP contribution >= 0.6 is 11.6 Å². The average molecular weight is 224 g/mol. The van der Waals surface area contributed by atoms with Crippen LogP contribution in [0.15, 0.2) is 24.4 Å². The first-order valence-corrected chi connectivity index (χ1v) is 4.86. The molecule has 0 aliphatic carbocycles. The fraction of sp³-hybridized carbons (Fsp3) is 0.182. The maximum absolute atomic E-state index is 10.8. The number of ether oxygens (including phenoxy) is 1. The summed E-state index contributed by atoms with van der Waals surface area (Å²) in [5, 5.41) is 1.54. The molecule has 0 N–H and O–H groups in total. The van der Waals surface area contributed by atoms with Crippen molar-refractivity contribution in [2.24, 2.45) is 0 Å². The van der Waals surface area contributed by atoms with E-state index >= 15 is 0 Å². The van der Waals surface area contributed by atoms with Gasteiger partial charge in [-0.1, -0.05) is 17.7 Å². The first-order valence-electron chi connectivity index (χ1n) is 4.49. The van der Waals surface area contributed by atoms with E-state index in [1.807, 2.05) is 16.7 Å². The van der Waals surface area contributed by atoms with E-state index in [-0.39, 0.29) is 0 Å². The molecule has 0 aliphatic rings. The Kier molecular flexibility index (Phi) is 2.75. The third-order valence-corrected chi connectivity index (χ3v) is 2.51. The number of aldehydes is 1. The van der Waals surface area contributed by atoms with Gasteiger partial charge in [-0.25, -0.2) is 0 Å². The molecular formula is C11H10ClNO2. The minimum Gasteiger partial charge on any atom is -0.364 e. The zero-order valence-electron chi connectivity index (χ0n) is 8.24. The summed E-state index contributed by atoms with van der Waals surface area (Å²) in [5.41, 5.74) is 1.56. The second kappa shape index (κ2) is 4.04. The molecule has 2 aromatic rings. The Morgan fingerprint density at radius 1 is 1.53 bits per heavy atom. The van der Waals surface area contributed by atoms with E-state index in [9.17, 15) is 4.79 Å². The normalized spacial score (nSPS) is 10.8. The third-order valence-electron chi connectivity index (χ3n) is 2.27. The number of methoxy groups -OCH3 is 1. The van der Waals surface area contributed by atoms with Crippen molar-refractivity contribution in [2.45, 2.75) is 6.73 Å². The summed E-state index contributed by atoms with van der Waals surface area (Å²) in [6, 6.07) is 5.44. The molecule has 1 aromatic heterocycles. The Hall–Kier alpha value is -1.32. The Balaban J connectivity index is 2.69. The number of aromatic nitrogens is 1. The summed E-state index contributed by atoms with van der Waals surface area (Å²) >= 11 is 5.90. The summed E-state index contributed by atoms with van der Waals surface area (Å²) in [6.07, 6.45) is 2.60. The molecule has 0 amide bonds. The SMILES string of the molecule is COCn1cc(C=O)c2ccc(Cl)cc21. The number of carbonyl (C=O) groups excluding carboxylic acids is 1. The van der Waals surface area contributed by atoms with Gasteiger partial charge >= 0.3 is 0 Å². The Labute approximate surface area is 92.2 Å². The van der Waals surface area contributed by atoms with Crippen molar-refractivity contribution in [3.8, 4) is 0 Å². The van der Waals surface area contributed by atoms with Crippen LogP contribution in [0.1, 0.15) is 10.4 Å². The smallest absolute Gasteiger partial charge is 0.152 e. The van der Waals surface area contributed by atoms with Crippen LogP contribution in [0.3, 0.4) is 0 Å². The van der Waals surface area contributed by atoms with Crippen LogP contribution in [0.2, 0.25) is 5.02 Å². The fourth-order valence-corrected chi connectivity index (χ4v) is 1.80. The van der Waals surface area contributed by atoms with Gasteiger partial charge in [0, 0.05) is 29.3 Å². The Morgan fingerprint density at radius 3 is 3.00 bits per heavy atom. The van der Waals surface area contributed by atoms with Gasteiger partial charge in [-0.15, -0.1) is 0 Å². The second-order valence-electron chi connectivity index (χ2n) is 3.25. The lowest BCUT2D eigenvalue weighted by Gasteiger charge is -2.02. The van der Waals surface area contributed by atoms with Gasteiger partial charge in [-0.05, 0) is 12.1 Å². The molecular weight excluding hydrogens is 214 g/mol. The number of nitrogens with zero attached hydrogens (tertiary/aromatic N) is 1. The molecule has 3 nitrogen and oxygen atoms in total. The van der Waals surface area contributed by atoms with Crippen LogP contribution in [0.5, 0.6) is 0 Å². The van der Waals surface area contributed by atoms with E-state index in [1.54, 1.807) is 19.4 Å². The van der Waals surface area contributed by atoms with Gasteiger partial charge in [-0.2, -0.15) is 0 Å². The zero-order valence-corrected chi connectivity index (χ0v) is 8.99. The van der Waals surface area contributed by atoms with Crippen LogP contribution < -0.4 is 0 Å². The second-order valence-corrected chi connectivity index (χ2v) is 3.69. The lowest BCUT2D eigenvalue weighted by Crippen LogP contribution is -1.97. The average Bonchev–Trinajstić information content (AvgIpc) is 2.57. The Morgan fingerprint density at radius 2 is 2.33 bits per heavy atom. The van der Waals surface area contributed by atoms with Crippen molar-refractivity contribution in [3.63, 3.8) is 0 Å². The monoisotopic (exact) mass is 223 g/mol. The minimum absolute atomic E-state index is 0.407. The molecule has 0 saturated carbocycles. The molecule has 0 bridgehead atoms. The van der Waals surface area contributed by atoms with E-state index in [0.29, 0.717) is 17.3 Å². The fourth-order valence-electron chi connectivity index (χ4n) is 1.63. The summed E-state index contributed by atoms with van der Waals surface area (Å²) in [7, 11) is 1.61. The minimum atomic E-state index is 0.407. The molecule has 1 aromatic carbocycles. The molecule has 0 radical (unpaired) electrons. The van der Waals surface area contributed by atoms with Gasteiger partial charge in [0.25, 0.3) is 0 Å². The van der Waals surface area contributed by atoms with Crippen molar-refractivity contribution in [3.05, 3.63) is 35.0 Å². The molecule has 0 atom stereocenters. The van der Waals surface area contributed by atoms with Crippen LogP contribution in [0.4, 0.5) is 0 Å². The van der Waals surface area contributed by atoms with E-state index < -0.39 is 0 Å². The van der Waals surface area contributed by atoms with Gasteiger partial charge < -0.3 is 9.30 Å². The quantitative estimate of drug-likeness (QED) is 0.750. The van der Waals surface area contributed by atoms with Crippen LogP contribution in [0, 0.1) is 0 Å². The number of benzene rings is 1. The summed E-state index contributed by atoms with van der Waals surface area (Å²) < 4.78 is 6.89. The molecule has 78 valence electrons. The predicted molar refractivity (Wildman–Crippen MR) is 59.3 cm³/mol. The number of halogens is 1. The summed E-state index contributed by atoms with van der Waals surface area (Å²) in [4.78, 5) is 10.8. The lowest BCUT2D eigenvalue weighted by molar-refractivity contribution is 0.112. The Bertz CT molecular complexity index is 505. The topological polar surface area (TPSA) is 31.2 Å². The van der Waals surface area contributed by atoms with Crippen LogP contribution in [-0.4, -0.2) is 18.0 Å². The van der Waals surface area contributed by atoms with Crippen molar-refractivity contribution in [2.75, 3.05) is 7.11 Å². The first-order chi connectivity index (χ1) is 7.26. The molecule has 4 heteroatoms. The lowest BCUT2D eigenvalue weighted by atomic mass is 10.2.